The second kappa shape index (κ2) is 73.0. The predicted molar refractivity (Wildman–Crippen MR) is 405 cm³/mol. The van der Waals surface area contributed by atoms with Gasteiger partial charge in [-0.05, 0) is 31.6 Å². The first kappa shape index (κ1) is 97.1. The van der Waals surface area contributed by atoms with Crippen LogP contribution in [0, 0.1) is 5.92 Å². The van der Waals surface area contributed by atoms with Gasteiger partial charge in [-0.1, -0.05) is 375 Å². The van der Waals surface area contributed by atoms with Crippen LogP contribution in [-0.2, 0) is 65.4 Å². The number of hydrogen-bond acceptors (Lipinski definition) is 15. The highest BCUT2D eigenvalue weighted by atomic mass is 31.2. The van der Waals surface area contributed by atoms with E-state index < -0.39 is 97.5 Å². The third-order valence-electron chi connectivity index (χ3n) is 19.1. The van der Waals surface area contributed by atoms with Gasteiger partial charge in [-0.15, -0.1) is 0 Å². The minimum absolute atomic E-state index is 0.107. The molecule has 0 fully saturated rings. The summed E-state index contributed by atoms with van der Waals surface area (Å²) in [6.45, 7) is 7.28. The molecule has 0 aliphatic heterocycles. The Balaban J connectivity index is 5.20. The van der Waals surface area contributed by atoms with Crippen molar-refractivity contribution >= 4 is 39.5 Å². The zero-order valence-electron chi connectivity index (χ0n) is 64.6. The van der Waals surface area contributed by atoms with Crippen LogP contribution in [0.5, 0.6) is 0 Å². The van der Waals surface area contributed by atoms with Gasteiger partial charge in [-0.3, -0.25) is 37.3 Å². The molecule has 99 heavy (non-hydrogen) atoms. The maximum Gasteiger partial charge on any atom is 0.472 e. The number of esters is 4. The van der Waals surface area contributed by atoms with E-state index in [4.69, 9.17) is 37.0 Å². The van der Waals surface area contributed by atoms with Crippen molar-refractivity contribution in [2.24, 2.45) is 5.92 Å². The highest BCUT2D eigenvalue weighted by molar-refractivity contribution is 7.47. The van der Waals surface area contributed by atoms with Crippen molar-refractivity contribution in [2.45, 2.75) is 445 Å². The van der Waals surface area contributed by atoms with E-state index in [0.29, 0.717) is 25.7 Å². The van der Waals surface area contributed by atoms with Gasteiger partial charge in [0.2, 0.25) is 0 Å². The standard InChI is InChI=1S/C80H156O17P2/c1-6-10-13-16-19-22-25-28-30-31-32-33-34-35-36-37-40-43-46-49-56-61-66-79(84)96-75(69-90-77(82)63-58-53-47-44-41-39-29-26-23-20-17-14-11-7-2)71-94-98(86,87)92-67-74(81)68-93-99(88,89)95-72-76(70-91-78(83)64-59-54-51-50-52-57-62-73(5)9-4)97-80(85)65-60-55-48-45-42-38-27-24-21-18-15-12-8-3/h73-76,81H,6-72H2,1-5H3,(H,86,87)(H,88,89)/t73?,74-,75-,76-/m1/s1. The molecule has 3 N–H and O–H groups in total. The summed E-state index contributed by atoms with van der Waals surface area (Å²) in [5.74, 6) is -1.38. The van der Waals surface area contributed by atoms with Gasteiger partial charge < -0.3 is 33.8 Å². The Labute approximate surface area is 607 Å². The van der Waals surface area contributed by atoms with Crippen LogP contribution in [-0.4, -0.2) is 96.7 Å². The molecular weight excluding hydrogens is 1290 g/mol. The lowest BCUT2D eigenvalue weighted by atomic mass is 10.00. The van der Waals surface area contributed by atoms with Crippen LogP contribution in [0.1, 0.15) is 426 Å². The van der Waals surface area contributed by atoms with Crippen molar-refractivity contribution in [3.63, 3.8) is 0 Å². The number of ether oxygens (including phenoxy) is 4. The molecule has 6 atom stereocenters. The Bertz CT molecular complexity index is 1890. The zero-order chi connectivity index (χ0) is 72.7. The third-order valence-corrected chi connectivity index (χ3v) is 21.0. The molecule has 0 radical (unpaired) electrons. The molecule has 19 heteroatoms. The highest BCUT2D eigenvalue weighted by Gasteiger charge is 2.30. The minimum Gasteiger partial charge on any atom is -0.462 e. The van der Waals surface area contributed by atoms with Crippen LogP contribution in [0.2, 0.25) is 0 Å². The summed E-state index contributed by atoms with van der Waals surface area (Å²) < 4.78 is 68.6. The second-order valence-corrected chi connectivity index (χ2v) is 32.0. The molecule has 0 rings (SSSR count). The van der Waals surface area contributed by atoms with Gasteiger partial charge in [-0.2, -0.15) is 0 Å². The van der Waals surface area contributed by atoms with Gasteiger partial charge in [0, 0.05) is 25.7 Å². The summed E-state index contributed by atoms with van der Waals surface area (Å²) in [4.78, 5) is 72.9. The van der Waals surface area contributed by atoms with Crippen LogP contribution < -0.4 is 0 Å². The van der Waals surface area contributed by atoms with Gasteiger partial charge in [0.25, 0.3) is 0 Å². The van der Waals surface area contributed by atoms with E-state index in [1.807, 2.05) is 0 Å². The Morgan fingerprint density at radius 3 is 0.717 bits per heavy atom. The highest BCUT2D eigenvalue weighted by Crippen LogP contribution is 2.45. The number of rotatable bonds is 80. The fourth-order valence-corrected chi connectivity index (χ4v) is 14.0. The molecule has 588 valence electrons. The van der Waals surface area contributed by atoms with E-state index in [-0.39, 0.29) is 25.7 Å². The Kier molecular flexibility index (Phi) is 71.6. The fraction of sp³-hybridized carbons (Fsp3) is 0.950. The van der Waals surface area contributed by atoms with Crippen molar-refractivity contribution in [1.82, 2.24) is 0 Å². The molecule has 0 aliphatic carbocycles. The summed E-state index contributed by atoms with van der Waals surface area (Å²) in [5.41, 5.74) is 0. The number of unbranched alkanes of at least 4 members (excludes halogenated alkanes) is 51. The van der Waals surface area contributed by atoms with Crippen molar-refractivity contribution < 1.29 is 80.2 Å². The number of carbonyl (C=O) groups excluding carboxylic acids is 4. The van der Waals surface area contributed by atoms with Gasteiger partial charge >= 0.3 is 39.5 Å². The van der Waals surface area contributed by atoms with E-state index >= 15 is 0 Å². The second-order valence-electron chi connectivity index (χ2n) is 29.1. The minimum atomic E-state index is -4.96. The zero-order valence-corrected chi connectivity index (χ0v) is 66.4. The molecule has 0 spiro atoms. The van der Waals surface area contributed by atoms with Gasteiger partial charge in [0.1, 0.15) is 19.3 Å². The van der Waals surface area contributed by atoms with Crippen LogP contribution in [0.4, 0.5) is 0 Å². The van der Waals surface area contributed by atoms with Gasteiger partial charge in [0.15, 0.2) is 12.2 Å². The average molecular weight is 1450 g/mol. The molecule has 0 saturated carbocycles. The first-order valence-corrected chi connectivity index (χ1v) is 44.7. The normalized spacial score (nSPS) is 14.1. The van der Waals surface area contributed by atoms with Crippen molar-refractivity contribution in [1.29, 1.82) is 0 Å². The lowest BCUT2D eigenvalue weighted by molar-refractivity contribution is -0.161. The van der Waals surface area contributed by atoms with Crippen molar-refractivity contribution in [2.75, 3.05) is 39.6 Å². The van der Waals surface area contributed by atoms with E-state index in [1.54, 1.807) is 0 Å². The SMILES string of the molecule is CCCCCCCCCCCCCCCCCCCCCCCCC(=O)O[C@H](COC(=O)CCCCCCCCCCCCCCCC)COP(=O)(O)OC[C@@H](O)COP(=O)(O)OC[C@@H](COC(=O)CCCCCCCCC(C)CC)OC(=O)CCCCCCCCCCCCCCC. The fourth-order valence-electron chi connectivity index (χ4n) is 12.4. The molecular formula is C80H156O17P2. The molecule has 0 heterocycles. The number of aliphatic hydroxyl groups excluding tert-OH is 1. The maximum atomic E-state index is 13.1. The molecule has 0 amide bonds. The van der Waals surface area contributed by atoms with Crippen LogP contribution in [0.25, 0.3) is 0 Å². The summed E-state index contributed by atoms with van der Waals surface area (Å²) >= 11 is 0. The van der Waals surface area contributed by atoms with E-state index in [9.17, 15) is 43.2 Å². The summed E-state index contributed by atoms with van der Waals surface area (Å²) in [5, 5.41) is 10.6. The number of phosphoric acid groups is 2. The Hall–Kier alpha value is -1.94. The number of aliphatic hydroxyl groups is 1. The van der Waals surface area contributed by atoms with Gasteiger partial charge in [-0.25, -0.2) is 9.13 Å². The first-order valence-electron chi connectivity index (χ1n) is 41.7. The van der Waals surface area contributed by atoms with Gasteiger partial charge in [0.05, 0.1) is 26.4 Å². The van der Waals surface area contributed by atoms with E-state index in [1.165, 1.54) is 244 Å². The molecule has 0 aromatic rings. The quantitative estimate of drug-likeness (QED) is 0.0222. The smallest absolute Gasteiger partial charge is 0.462 e. The molecule has 0 saturated heterocycles. The molecule has 0 aliphatic rings. The molecule has 0 aromatic heterocycles. The summed E-state index contributed by atoms with van der Waals surface area (Å²) in [7, 11) is -9.92. The number of hydrogen-bond donors (Lipinski definition) is 3. The van der Waals surface area contributed by atoms with Crippen LogP contribution >= 0.6 is 15.6 Å². The molecule has 3 unspecified atom stereocenters. The average Bonchev–Trinajstić information content (AvgIpc) is 1.05. The summed E-state index contributed by atoms with van der Waals surface area (Å²) in [6, 6.07) is 0. The predicted octanol–water partition coefficient (Wildman–Crippen LogP) is 24.0. The topological polar surface area (TPSA) is 237 Å². The molecule has 0 bridgehead atoms. The monoisotopic (exact) mass is 1450 g/mol. The van der Waals surface area contributed by atoms with Crippen molar-refractivity contribution in [3.05, 3.63) is 0 Å². The van der Waals surface area contributed by atoms with Crippen LogP contribution in [0.15, 0.2) is 0 Å². The Morgan fingerprint density at radius 1 is 0.283 bits per heavy atom. The largest absolute Gasteiger partial charge is 0.472 e. The molecule has 17 nitrogen and oxygen atoms in total. The first-order chi connectivity index (χ1) is 48.1. The Morgan fingerprint density at radius 2 is 0.485 bits per heavy atom. The third kappa shape index (κ3) is 72.8. The number of phosphoric ester groups is 2. The van der Waals surface area contributed by atoms with Crippen molar-refractivity contribution in [3.8, 4) is 0 Å². The molecule has 0 aromatic carbocycles. The van der Waals surface area contributed by atoms with E-state index in [2.05, 4.69) is 34.6 Å². The number of carbonyl (C=O) groups is 4. The maximum absolute atomic E-state index is 13.1. The van der Waals surface area contributed by atoms with Crippen LogP contribution in [0.3, 0.4) is 0 Å². The lowest BCUT2D eigenvalue weighted by Crippen LogP contribution is -2.30. The van der Waals surface area contributed by atoms with E-state index in [0.717, 1.165) is 102 Å². The summed E-state index contributed by atoms with van der Waals surface area (Å²) in [6.07, 6.45) is 63.9. The lowest BCUT2D eigenvalue weighted by Gasteiger charge is -2.21.